The highest BCUT2D eigenvalue weighted by Crippen LogP contribution is 2.72. The Morgan fingerprint density at radius 2 is 0.773 bits per heavy atom. The van der Waals surface area contributed by atoms with Gasteiger partial charge in [-0.25, -0.2) is 9.18 Å². The Hall–Kier alpha value is -1.31. The molecule has 132 valence electrons. The number of carbonyl (C=O) groups excluding carboxylic acids is 1. The van der Waals surface area contributed by atoms with Gasteiger partial charge in [-0.1, -0.05) is 0 Å². The Morgan fingerprint density at radius 3 is 0.864 bits per heavy atom. The molecule has 0 N–H and O–H groups in total. The average Bonchev–Trinajstić information content (AvgIpc) is 2.27. The van der Waals surface area contributed by atoms with Gasteiger partial charge in [0.05, 0.1) is 0 Å². The van der Waals surface area contributed by atoms with E-state index >= 15 is 0 Å². The van der Waals surface area contributed by atoms with Crippen molar-refractivity contribution in [3.63, 3.8) is 0 Å². The van der Waals surface area contributed by atoms with Crippen LogP contribution in [0.3, 0.4) is 0 Å². The van der Waals surface area contributed by atoms with Gasteiger partial charge in [0.2, 0.25) is 0 Å². The van der Waals surface area contributed by atoms with E-state index in [9.17, 15) is 61.5 Å². The summed E-state index contributed by atoms with van der Waals surface area (Å²) in [6.45, 7) is 0. The normalized spacial score (nSPS) is 26.8. The predicted octanol–water partition coefficient (Wildman–Crippen LogP) is 4.86. The van der Waals surface area contributed by atoms with Crippen molar-refractivity contribution >= 4 is 6.29 Å². The fourth-order valence-corrected chi connectivity index (χ4v) is 1.38. The van der Waals surface area contributed by atoms with Crippen LogP contribution in [-0.2, 0) is 0 Å². The fourth-order valence-electron chi connectivity index (χ4n) is 1.38. The number of hydrogen-bond donors (Lipinski definition) is 0. The van der Waals surface area contributed by atoms with Crippen LogP contribution >= 0.6 is 0 Å². The zero-order valence-electron chi connectivity index (χ0n) is 9.20. The van der Waals surface area contributed by atoms with Gasteiger partial charge in [-0.2, -0.15) is 48.3 Å². The Morgan fingerprint density at radius 1 is 0.591 bits per heavy atom. The van der Waals surface area contributed by atoms with Crippen LogP contribution in [0.4, 0.5) is 66.3 Å². The first-order valence-electron chi connectivity index (χ1n) is 4.35. The second-order valence-corrected chi connectivity index (χ2v) is 3.68. The van der Waals surface area contributed by atoms with Crippen LogP contribution in [0, 0.1) is 0 Å². The molecule has 0 aromatic rings. The molecule has 0 amide bonds. The first-order valence-corrected chi connectivity index (χ1v) is 4.35. The molecule has 0 bridgehead atoms. The summed E-state index contributed by atoms with van der Waals surface area (Å²) in [4.78, 5) is 8.11. The Kier molecular flexibility index (Phi) is 4.55. The summed E-state index contributed by atoms with van der Waals surface area (Å²) < 4.78 is 167. The maximum absolute atomic E-state index is 12.8. The standard InChI is InChI=1S/C6F12.CF2O/c7-1(6(16,17)18)2(8,9)4(12,13)5(14,15)3(1,10)11;2-1(3)4. The first-order chi connectivity index (χ1) is 9.23. The molecule has 0 heterocycles. The van der Waals surface area contributed by atoms with E-state index in [4.69, 9.17) is 4.79 Å². The summed E-state index contributed by atoms with van der Waals surface area (Å²) in [5, 5.41) is 0. The van der Waals surface area contributed by atoms with Crippen molar-refractivity contribution in [3.8, 4) is 0 Å². The molecule has 22 heavy (non-hydrogen) atoms. The molecule has 0 radical (unpaired) electrons. The van der Waals surface area contributed by atoms with E-state index in [2.05, 4.69) is 0 Å². The highest BCUT2D eigenvalue weighted by molar-refractivity contribution is 5.55. The van der Waals surface area contributed by atoms with Gasteiger partial charge in [0.15, 0.2) is 0 Å². The lowest BCUT2D eigenvalue weighted by atomic mass is 9.96. The van der Waals surface area contributed by atoms with Crippen LogP contribution in [0.5, 0.6) is 0 Å². The Bertz CT molecular complexity index is 417. The molecule has 1 saturated carbocycles. The smallest absolute Gasteiger partial charge is 0.219 e. The molecule has 1 aliphatic rings. The lowest BCUT2D eigenvalue weighted by molar-refractivity contribution is -0.360. The van der Waals surface area contributed by atoms with Gasteiger partial charge in [0, 0.05) is 0 Å². The number of hydrogen-bond acceptors (Lipinski definition) is 1. The molecule has 0 spiro atoms. The molecule has 1 rings (SSSR count). The predicted molar refractivity (Wildman–Crippen MR) is 37.3 cm³/mol. The summed E-state index contributed by atoms with van der Waals surface area (Å²) in [7, 11) is 0. The van der Waals surface area contributed by atoms with Crippen molar-refractivity contribution in [1.29, 1.82) is 0 Å². The maximum atomic E-state index is 12.8. The van der Waals surface area contributed by atoms with Crippen LogP contribution in [-0.4, -0.2) is 41.8 Å². The minimum Gasteiger partial charge on any atom is -0.219 e. The van der Waals surface area contributed by atoms with E-state index in [0.717, 1.165) is 0 Å². The first kappa shape index (κ1) is 20.7. The molecule has 1 fully saturated rings. The van der Waals surface area contributed by atoms with Gasteiger partial charge in [0.25, 0.3) is 0 Å². The zero-order valence-corrected chi connectivity index (χ0v) is 9.20. The van der Waals surface area contributed by atoms with Gasteiger partial charge in [-0.15, -0.1) is 8.78 Å². The van der Waals surface area contributed by atoms with Crippen LogP contribution < -0.4 is 0 Å². The quantitative estimate of drug-likeness (QED) is 0.442. The van der Waals surface area contributed by atoms with E-state index in [-0.39, 0.29) is 0 Å². The van der Waals surface area contributed by atoms with Gasteiger partial charge >= 0.3 is 41.8 Å². The van der Waals surface area contributed by atoms with Crippen molar-refractivity contribution in [1.82, 2.24) is 0 Å². The van der Waals surface area contributed by atoms with Crippen molar-refractivity contribution < 1.29 is 66.3 Å². The highest BCUT2D eigenvalue weighted by atomic mass is 19.4. The van der Waals surface area contributed by atoms with E-state index < -0.39 is 41.8 Å². The van der Waals surface area contributed by atoms with Crippen molar-refractivity contribution in [2.24, 2.45) is 0 Å². The minimum atomic E-state index is -7.38. The van der Waals surface area contributed by atoms with E-state index in [1.165, 1.54) is 0 Å². The molecule has 0 saturated heterocycles. The summed E-state index contributed by atoms with van der Waals surface area (Å²) in [6.07, 6.45) is -10.2. The number of carbonyl (C=O) groups is 1. The van der Waals surface area contributed by atoms with E-state index in [1.807, 2.05) is 0 Å². The molecular formula is C7F14O. The zero-order chi connectivity index (χ0) is 18.6. The molecule has 0 unspecified atom stereocenters. The van der Waals surface area contributed by atoms with Gasteiger partial charge in [0.1, 0.15) is 0 Å². The molecule has 0 atom stereocenters. The SMILES string of the molecule is FC(F)(F)C1(F)C(F)(F)C(F)(F)C(F)(F)C1(F)F.O=C(F)F. The fraction of sp³-hybridized carbons (Fsp3) is 0.857. The van der Waals surface area contributed by atoms with E-state index in [0.29, 0.717) is 0 Å². The Labute approximate surface area is 109 Å². The number of alkyl halides is 12. The third kappa shape index (κ3) is 2.11. The molecule has 0 aliphatic heterocycles. The summed E-state index contributed by atoms with van der Waals surface area (Å²) in [6, 6.07) is 0. The second-order valence-electron chi connectivity index (χ2n) is 3.68. The number of halogens is 14. The molecule has 1 nitrogen and oxygen atoms in total. The average molecular weight is 366 g/mol. The molecule has 1 aliphatic carbocycles. The third-order valence-corrected chi connectivity index (χ3v) is 2.44. The Balaban J connectivity index is 0.000000980. The maximum Gasteiger partial charge on any atom is 0.483 e. The van der Waals surface area contributed by atoms with Crippen LogP contribution in [0.15, 0.2) is 0 Å². The van der Waals surface area contributed by atoms with Gasteiger partial charge in [-0.05, 0) is 0 Å². The van der Waals surface area contributed by atoms with Gasteiger partial charge < -0.3 is 0 Å². The molecule has 0 aromatic carbocycles. The highest BCUT2D eigenvalue weighted by Gasteiger charge is 3.06. The number of rotatable bonds is 0. The second kappa shape index (κ2) is 4.84. The lowest BCUT2D eigenvalue weighted by Crippen LogP contribution is -2.63. The molecular weight excluding hydrogens is 366 g/mol. The topological polar surface area (TPSA) is 17.1 Å². The van der Waals surface area contributed by atoms with Crippen LogP contribution in [0.2, 0.25) is 0 Å². The molecule has 15 heteroatoms. The lowest BCUT2D eigenvalue weighted by Gasteiger charge is -2.32. The monoisotopic (exact) mass is 366 g/mol. The largest absolute Gasteiger partial charge is 0.483 e. The molecule has 0 aromatic heterocycles. The minimum absolute atomic E-state index is 2.83. The van der Waals surface area contributed by atoms with Crippen LogP contribution in [0.1, 0.15) is 0 Å². The van der Waals surface area contributed by atoms with E-state index in [1.54, 1.807) is 0 Å². The van der Waals surface area contributed by atoms with Crippen LogP contribution in [0.25, 0.3) is 0 Å². The van der Waals surface area contributed by atoms with Crippen molar-refractivity contribution in [3.05, 3.63) is 0 Å². The summed E-state index contributed by atoms with van der Waals surface area (Å²) in [5.74, 6) is -29.1. The van der Waals surface area contributed by atoms with Crippen molar-refractivity contribution in [2.45, 2.75) is 35.5 Å². The summed E-state index contributed by atoms with van der Waals surface area (Å²) in [5.41, 5.74) is -7.38. The summed E-state index contributed by atoms with van der Waals surface area (Å²) >= 11 is 0. The van der Waals surface area contributed by atoms with Crippen molar-refractivity contribution in [2.75, 3.05) is 0 Å². The van der Waals surface area contributed by atoms with Gasteiger partial charge in [-0.3, -0.25) is 0 Å². The third-order valence-electron chi connectivity index (χ3n) is 2.44.